The number of anilines is 1. The molecule has 1 amide bonds. The molecule has 0 fully saturated rings. The first-order valence-electron chi connectivity index (χ1n) is 11.1. The molecule has 0 aliphatic heterocycles. The van der Waals surface area contributed by atoms with E-state index in [1.807, 2.05) is 6.07 Å². The number of para-hydroxylation sites is 1. The van der Waals surface area contributed by atoms with Gasteiger partial charge in [-0.3, -0.25) is 4.79 Å². The average Bonchev–Trinajstić information content (AvgIpc) is 2.87. The number of aliphatic hydroxyl groups excluding tert-OH is 2. The van der Waals surface area contributed by atoms with E-state index in [9.17, 15) is 23.1 Å². The van der Waals surface area contributed by atoms with Crippen LogP contribution in [0.2, 0.25) is 0 Å². The van der Waals surface area contributed by atoms with Crippen molar-refractivity contribution in [3.63, 3.8) is 0 Å². The summed E-state index contributed by atoms with van der Waals surface area (Å²) in [6.07, 6.45) is -5.48. The lowest BCUT2D eigenvalue weighted by Crippen LogP contribution is -2.21. The number of carbonyl (C=O) groups is 1. The largest absolute Gasteiger partial charge is 0.491 e. The summed E-state index contributed by atoms with van der Waals surface area (Å²) < 4.78 is 44.8. The summed E-state index contributed by atoms with van der Waals surface area (Å²) in [6, 6.07) is 20.4. The predicted molar refractivity (Wildman–Crippen MR) is 130 cm³/mol. The number of nitrogens with one attached hydrogen (secondary N) is 1. The number of carbonyl (C=O) groups excluding carboxylic acids is 1. The minimum absolute atomic E-state index is 0.00923. The number of amides is 1. The lowest BCUT2D eigenvalue weighted by Gasteiger charge is -2.12. The van der Waals surface area contributed by atoms with Crippen molar-refractivity contribution in [1.29, 1.82) is 0 Å². The van der Waals surface area contributed by atoms with Gasteiger partial charge in [0, 0.05) is 22.7 Å². The molecule has 3 aromatic carbocycles. The molecule has 0 bridgehead atoms. The fraction of sp³-hybridized carbons (Fsp3) is 0.185. The third kappa shape index (κ3) is 6.18. The van der Waals surface area contributed by atoms with Crippen molar-refractivity contribution >= 4 is 22.5 Å². The zero-order valence-corrected chi connectivity index (χ0v) is 19.0. The van der Waals surface area contributed by atoms with Crippen LogP contribution in [-0.2, 0) is 17.4 Å². The zero-order valence-electron chi connectivity index (χ0n) is 19.0. The molecule has 1 atom stereocenters. The molecule has 186 valence electrons. The molecular weight excluding hydrogens is 473 g/mol. The van der Waals surface area contributed by atoms with E-state index in [0.29, 0.717) is 33.8 Å². The fourth-order valence-corrected chi connectivity index (χ4v) is 3.65. The Labute approximate surface area is 205 Å². The van der Waals surface area contributed by atoms with Gasteiger partial charge in [-0.25, -0.2) is 4.98 Å². The maximum absolute atomic E-state index is 13.1. The maximum Gasteiger partial charge on any atom is 0.416 e. The normalized spacial score (nSPS) is 12.4. The van der Waals surface area contributed by atoms with Crippen molar-refractivity contribution in [2.75, 3.05) is 18.5 Å². The fourth-order valence-electron chi connectivity index (χ4n) is 3.65. The summed E-state index contributed by atoms with van der Waals surface area (Å²) in [5, 5.41) is 21.9. The Hall–Kier alpha value is -3.95. The van der Waals surface area contributed by atoms with Crippen LogP contribution in [0.3, 0.4) is 0 Å². The lowest BCUT2D eigenvalue weighted by molar-refractivity contribution is -0.137. The molecule has 0 aliphatic rings. The van der Waals surface area contributed by atoms with E-state index in [2.05, 4.69) is 10.3 Å². The standard InChI is InChI=1S/C27H23F3N2O4/c28-27(29,30)20-7-2-5-18(12-20)24-11-10-17-4-1-6-19(26(17)32-24)13-25(35)31-21-8-3-9-23(14-21)36-16-22(34)15-33/h1-12,14,22,33-34H,13,15-16H2,(H,31,35). The lowest BCUT2D eigenvalue weighted by atomic mass is 10.0. The van der Waals surface area contributed by atoms with Crippen LogP contribution in [0.15, 0.2) is 78.9 Å². The third-order valence-corrected chi connectivity index (χ3v) is 5.41. The number of pyridine rings is 1. The summed E-state index contributed by atoms with van der Waals surface area (Å²) in [5.41, 5.74) is 1.57. The van der Waals surface area contributed by atoms with Gasteiger partial charge in [-0.2, -0.15) is 13.2 Å². The summed E-state index contributed by atoms with van der Waals surface area (Å²) in [7, 11) is 0. The van der Waals surface area contributed by atoms with E-state index >= 15 is 0 Å². The number of benzene rings is 3. The molecule has 0 spiro atoms. The van der Waals surface area contributed by atoms with Crippen LogP contribution in [0.5, 0.6) is 5.75 Å². The van der Waals surface area contributed by atoms with E-state index in [-0.39, 0.29) is 18.9 Å². The first kappa shape index (κ1) is 25.2. The second-order valence-corrected chi connectivity index (χ2v) is 8.16. The van der Waals surface area contributed by atoms with E-state index in [0.717, 1.165) is 17.5 Å². The van der Waals surface area contributed by atoms with Gasteiger partial charge in [0.25, 0.3) is 0 Å². The molecule has 0 saturated heterocycles. The molecule has 6 nitrogen and oxygen atoms in total. The number of nitrogens with zero attached hydrogens (tertiary/aromatic N) is 1. The number of rotatable bonds is 8. The molecular formula is C27H23F3N2O4. The van der Waals surface area contributed by atoms with Gasteiger partial charge < -0.3 is 20.3 Å². The minimum Gasteiger partial charge on any atom is -0.491 e. The monoisotopic (exact) mass is 496 g/mol. The van der Waals surface area contributed by atoms with Crippen molar-refractivity contribution in [2.45, 2.75) is 18.7 Å². The van der Waals surface area contributed by atoms with E-state index in [4.69, 9.17) is 9.84 Å². The Morgan fingerprint density at radius 3 is 2.56 bits per heavy atom. The number of aromatic nitrogens is 1. The molecule has 1 aromatic heterocycles. The Balaban J connectivity index is 1.54. The van der Waals surface area contributed by atoms with E-state index in [1.54, 1.807) is 54.6 Å². The number of halogens is 3. The molecule has 1 heterocycles. The summed E-state index contributed by atoms with van der Waals surface area (Å²) >= 11 is 0. The molecule has 9 heteroatoms. The van der Waals surface area contributed by atoms with Gasteiger partial charge in [0.15, 0.2) is 0 Å². The average molecular weight is 496 g/mol. The van der Waals surface area contributed by atoms with Crippen molar-refractivity contribution in [3.05, 3.63) is 90.0 Å². The third-order valence-electron chi connectivity index (χ3n) is 5.41. The van der Waals surface area contributed by atoms with Crippen LogP contribution in [0, 0.1) is 0 Å². The van der Waals surface area contributed by atoms with Gasteiger partial charge >= 0.3 is 6.18 Å². The number of ether oxygens (including phenoxy) is 1. The van der Waals surface area contributed by atoms with Crippen molar-refractivity contribution < 1.29 is 32.9 Å². The highest BCUT2D eigenvalue weighted by atomic mass is 19.4. The minimum atomic E-state index is -4.46. The van der Waals surface area contributed by atoms with Crippen LogP contribution in [0.25, 0.3) is 22.2 Å². The molecule has 4 rings (SSSR count). The van der Waals surface area contributed by atoms with Crippen molar-refractivity contribution in [1.82, 2.24) is 4.98 Å². The van der Waals surface area contributed by atoms with Crippen LogP contribution in [0.1, 0.15) is 11.1 Å². The van der Waals surface area contributed by atoms with Gasteiger partial charge in [-0.1, -0.05) is 42.5 Å². The van der Waals surface area contributed by atoms with Gasteiger partial charge in [0.1, 0.15) is 18.5 Å². The molecule has 4 aromatic rings. The molecule has 0 saturated carbocycles. The highest BCUT2D eigenvalue weighted by molar-refractivity contribution is 5.95. The highest BCUT2D eigenvalue weighted by Crippen LogP contribution is 2.32. The number of hydrogen-bond acceptors (Lipinski definition) is 5. The van der Waals surface area contributed by atoms with Crippen LogP contribution in [0.4, 0.5) is 18.9 Å². The Morgan fingerprint density at radius 2 is 1.78 bits per heavy atom. The van der Waals surface area contributed by atoms with E-state index in [1.165, 1.54) is 6.07 Å². The SMILES string of the molecule is O=C(Cc1cccc2ccc(-c3cccc(C(F)(F)F)c3)nc12)Nc1cccc(OCC(O)CO)c1. The molecule has 3 N–H and O–H groups in total. The van der Waals surface area contributed by atoms with Gasteiger partial charge in [-0.05, 0) is 35.9 Å². The number of hydrogen-bond donors (Lipinski definition) is 3. The van der Waals surface area contributed by atoms with Crippen LogP contribution >= 0.6 is 0 Å². The number of aliphatic hydroxyl groups is 2. The Kier molecular flexibility index (Phi) is 7.52. The summed E-state index contributed by atoms with van der Waals surface area (Å²) in [6.45, 7) is -0.519. The zero-order chi connectivity index (χ0) is 25.7. The Bertz CT molecular complexity index is 1370. The quantitative estimate of drug-likeness (QED) is 0.325. The second kappa shape index (κ2) is 10.8. The highest BCUT2D eigenvalue weighted by Gasteiger charge is 2.30. The van der Waals surface area contributed by atoms with E-state index < -0.39 is 24.5 Å². The Morgan fingerprint density at radius 1 is 1.00 bits per heavy atom. The molecule has 1 unspecified atom stereocenters. The van der Waals surface area contributed by atoms with Crippen molar-refractivity contribution in [3.8, 4) is 17.0 Å². The first-order valence-corrected chi connectivity index (χ1v) is 11.1. The molecule has 0 aliphatic carbocycles. The molecule has 0 radical (unpaired) electrons. The predicted octanol–water partition coefficient (Wildman–Crippen LogP) is 4.83. The van der Waals surface area contributed by atoms with Crippen LogP contribution < -0.4 is 10.1 Å². The van der Waals surface area contributed by atoms with Gasteiger partial charge in [-0.15, -0.1) is 0 Å². The summed E-state index contributed by atoms with van der Waals surface area (Å²) in [5.74, 6) is 0.0965. The maximum atomic E-state index is 13.1. The van der Waals surface area contributed by atoms with Gasteiger partial charge in [0.05, 0.1) is 29.8 Å². The smallest absolute Gasteiger partial charge is 0.416 e. The first-order chi connectivity index (χ1) is 17.2. The summed E-state index contributed by atoms with van der Waals surface area (Å²) in [4.78, 5) is 17.4. The topological polar surface area (TPSA) is 91.7 Å². The molecule has 36 heavy (non-hydrogen) atoms. The number of fused-ring (bicyclic) bond motifs is 1. The van der Waals surface area contributed by atoms with Crippen LogP contribution in [-0.4, -0.2) is 40.4 Å². The second-order valence-electron chi connectivity index (χ2n) is 8.16. The number of alkyl halides is 3. The van der Waals surface area contributed by atoms with Gasteiger partial charge in [0.2, 0.25) is 5.91 Å². The van der Waals surface area contributed by atoms with Crippen molar-refractivity contribution in [2.24, 2.45) is 0 Å².